The molecule has 0 saturated carbocycles. The lowest BCUT2D eigenvalue weighted by Gasteiger charge is -2.27. The summed E-state index contributed by atoms with van der Waals surface area (Å²) in [6.07, 6.45) is 5.82. The van der Waals surface area contributed by atoms with Gasteiger partial charge < -0.3 is 10.2 Å². The van der Waals surface area contributed by atoms with Gasteiger partial charge in [-0.3, -0.25) is 9.78 Å². The maximum atomic E-state index is 12.2. The zero-order chi connectivity index (χ0) is 13.0. The lowest BCUT2D eigenvalue weighted by molar-refractivity contribution is 0.0764. The number of aryl methyl sites for hydroxylation is 1. The Hall–Kier alpha value is -1.42. The van der Waals surface area contributed by atoms with E-state index in [1.807, 2.05) is 24.9 Å². The number of nitrogens with zero attached hydrogens (tertiary/aromatic N) is 2. The second-order valence-electron chi connectivity index (χ2n) is 5.15. The van der Waals surface area contributed by atoms with Crippen molar-refractivity contribution >= 4 is 5.91 Å². The Morgan fingerprint density at radius 2 is 2.39 bits per heavy atom. The van der Waals surface area contributed by atoms with Gasteiger partial charge in [0.2, 0.25) is 0 Å². The van der Waals surface area contributed by atoms with Crippen molar-refractivity contribution in [1.29, 1.82) is 0 Å². The molecule has 4 heteroatoms. The molecule has 1 atom stereocenters. The molecule has 0 aromatic carbocycles. The molecule has 1 fully saturated rings. The Bertz CT molecular complexity index is 413. The van der Waals surface area contributed by atoms with Crippen LogP contribution in [0.3, 0.4) is 0 Å². The maximum absolute atomic E-state index is 12.2. The summed E-state index contributed by atoms with van der Waals surface area (Å²) in [6, 6.07) is 1.89. The minimum Gasteiger partial charge on any atom is -0.341 e. The molecule has 1 amide bonds. The van der Waals surface area contributed by atoms with Gasteiger partial charge in [0.05, 0.1) is 5.56 Å². The maximum Gasteiger partial charge on any atom is 0.255 e. The highest BCUT2D eigenvalue weighted by molar-refractivity contribution is 5.93. The van der Waals surface area contributed by atoms with Gasteiger partial charge in [0.25, 0.3) is 5.91 Å². The van der Waals surface area contributed by atoms with Gasteiger partial charge in [-0.25, -0.2) is 0 Å². The topological polar surface area (TPSA) is 45.2 Å². The number of carbonyl (C=O) groups excluding carboxylic acids is 1. The quantitative estimate of drug-likeness (QED) is 0.879. The molecule has 1 saturated heterocycles. The standard InChI is InChI=1S/C14H21N3O/c1-11-6-13(9-16-7-11)14(18)17(2)10-12-4-3-5-15-8-12/h6-7,9,12,15H,3-5,8,10H2,1-2H3. The largest absolute Gasteiger partial charge is 0.341 e. The summed E-state index contributed by atoms with van der Waals surface area (Å²) in [5, 5.41) is 3.38. The molecule has 1 aliphatic rings. The number of nitrogens with one attached hydrogen (secondary N) is 1. The minimum atomic E-state index is 0.0665. The number of rotatable bonds is 3. The van der Waals surface area contributed by atoms with Gasteiger partial charge >= 0.3 is 0 Å². The first-order valence-electron chi connectivity index (χ1n) is 6.54. The second-order valence-corrected chi connectivity index (χ2v) is 5.15. The van der Waals surface area contributed by atoms with E-state index in [-0.39, 0.29) is 5.91 Å². The predicted molar refractivity (Wildman–Crippen MR) is 71.5 cm³/mol. The summed E-state index contributed by atoms with van der Waals surface area (Å²) in [4.78, 5) is 18.1. The minimum absolute atomic E-state index is 0.0665. The van der Waals surface area contributed by atoms with E-state index in [0.717, 1.165) is 25.2 Å². The number of carbonyl (C=O) groups is 1. The van der Waals surface area contributed by atoms with Crippen molar-refractivity contribution in [2.75, 3.05) is 26.7 Å². The molecular weight excluding hydrogens is 226 g/mol. The third kappa shape index (κ3) is 3.29. The van der Waals surface area contributed by atoms with Crippen molar-refractivity contribution in [2.45, 2.75) is 19.8 Å². The zero-order valence-corrected chi connectivity index (χ0v) is 11.1. The van der Waals surface area contributed by atoms with E-state index < -0.39 is 0 Å². The van der Waals surface area contributed by atoms with Crippen LogP contribution in [0.25, 0.3) is 0 Å². The summed E-state index contributed by atoms with van der Waals surface area (Å²) >= 11 is 0. The highest BCUT2D eigenvalue weighted by Crippen LogP contribution is 2.13. The van der Waals surface area contributed by atoms with Gasteiger partial charge in [-0.15, -0.1) is 0 Å². The van der Waals surface area contributed by atoms with E-state index in [4.69, 9.17) is 0 Å². The highest BCUT2D eigenvalue weighted by Gasteiger charge is 2.19. The smallest absolute Gasteiger partial charge is 0.255 e. The number of amides is 1. The Balaban J connectivity index is 1.95. The van der Waals surface area contributed by atoms with E-state index in [2.05, 4.69) is 10.3 Å². The van der Waals surface area contributed by atoms with E-state index in [1.54, 1.807) is 12.4 Å². The van der Waals surface area contributed by atoms with Crippen molar-refractivity contribution in [2.24, 2.45) is 5.92 Å². The number of hydrogen-bond acceptors (Lipinski definition) is 3. The van der Waals surface area contributed by atoms with E-state index in [0.29, 0.717) is 11.5 Å². The summed E-state index contributed by atoms with van der Waals surface area (Å²) < 4.78 is 0. The molecule has 0 spiro atoms. The number of hydrogen-bond donors (Lipinski definition) is 1. The zero-order valence-electron chi connectivity index (χ0n) is 11.1. The summed E-state index contributed by atoms with van der Waals surface area (Å²) in [5.74, 6) is 0.641. The van der Waals surface area contributed by atoms with Crippen molar-refractivity contribution in [3.8, 4) is 0 Å². The number of aromatic nitrogens is 1. The first-order valence-corrected chi connectivity index (χ1v) is 6.54. The van der Waals surface area contributed by atoms with Crippen LogP contribution in [0.4, 0.5) is 0 Å². The predicted octanol–water partition coefficient (Wildman–Crippen LogP) is 1.46. The van der Waals surface area contributed by atoms with Gasteiger partial charge in [-0.2, -0.15) is 0 Å². The van der Waals surface area contributed by atoms with E-state index in [9.17, 15) is 4.79 Å². The van der Waals surface area contributed by atoms with Crippen molar-refractivity contribution in [3.05, 3.63) is 29.6 Å². The van der Waals surface area contributed by atoms with Crippen LogP contribution < -0.4 is 5.32 Å². The number of pyridine rings is 1. The Labute approximate surface area is 108 Å². The van der Waals surface area contributed by atoms with Gasteiger partial charge in [0.1, 0.15) is 0 Å². The van der Waals surface area contributed by atoms with Crippen LogP contribution in [0.15, 0.2) is 18.5 Å². The molecule has 0 radical (unpaired) electrons. The lowest BCUT2D eigenvalue weighted by atomic mass is 9.99. The van der Waals surface area contributed by atoms with Crippen LogP contribution in [0.2, 0.25) is 0 Å². The van der Waals surface area contributed by atoms with Crippen LogP contribution in [-0.4, -0.2) is 42.5 Å². The van der Waals surface area contributed by atoms with Gasteiger partial charge in [-0.05, 0) is 50.4 Å². The van der Waals surface area contributed by atoms with Gasteiger partial charge in [0.15, 0.2) is 0 Å². The van der Waals surface area contributed by atoms with Crippen LogP contribution in [0, 0.1) is 12.8 Å². The summed E-state index contributed by atoms with van der Waals surface area (Å²) in [5.41, 5.74) is 1.70. The molecular formula is C14H21N3O. The fraction of sp³-hybridized carbons (Fsp3) is 0.571. The average Bonchev–Trinajstić information content (AvgIpc) is 2.39. The Morgan fingerprint density at radius 1 is 1.56 bits per heavy atom. The molecule has 0 aliphatic carbocycles. The molecule has 2 heterocycles. The number of piperidine rings is 1. The Kier molecular flexibility index (Phi) is 4.31. The molecule has 2 rings (SSSR count). The molecule has 1 N–H and O–H groups in total. The van der Waals surface area contributed by atoms with Crippen LogP contribution >= 0.6 is 0 Å². The van der Waals surface area contributed by atoms with Gasteiger partial charge in [-0.1, -0.05) is 0 Å². The SMILES string of the molecule is Cc1cncc(C(=O)N(C)CC2CCCNC2)c1. The fourth-order valence-corrected chi connectivity index (χ4v) is 2.44. The second kappa shape index (κ2) is 5.96. The van der Waals surface area contributed by atoms with Crippen LogP contribution in [-0.2, 0) is 0 Å². The molecule has 1 aromatic rings. The normalized spacial score (nSPS) is 19.6. The van der Waals surface area contributed by atoms with Crippen molar-refractivity contribution in [1.82, 2.24) is 15.2 Å². The van der Waals surface area contributed by atoms with E-state index in [1.165, 1.54) is 12.8 Å². The third-order valence-corrected chi connectivity index (χ3v) is 3.40. The molecule has 18 heavy (non-hydrogen) atoms. The molecule has 4 nitrogen and oxygen atoms in total. The Morgan fingerprint density at radius 3 is 3.06 bits per heavy atom. The first kappa shape index (κ1) is 13.0. The van der Waals surface area contributed by atoms with E-state index >= 15 is 0 Å². The van der Waals surface area contributed by atoms with Crippen LogP contribution in [0.5, 0.6) is 0 Å². The molecule has 98 valence electrons. The van der Waals surface area contributed by atoms with Crippen molar-refractivity contribution in [3.63, 3.8) is 0 Å². The molecule has 1 unspecified atom stereocenters. The summed E-state index contributed by atoms with van der Waals surface area (Å²) in [7, 11) is 1.87. The van der Waals surface area contributed by atoms with Crippen molar-refractivity contribution < 1.29 is 4.79 Å². The summed E-state index contributed by atoms with van der Waals surface area (Å²) in [6.45, 7) is 4.90. The fourth-order valence-electron chi connectivity index (χ4n) is 2.44. The average molecular weight is 247 g/mol. The lowest BCUT2D eigenvalue weighted by Crippen LogP contribution is -2.39. The van der Waals surface area contributed by atoms with Gasteiger partial charge in [0, 0.05) is 26.0 Å². The highest BCUT2D eigenvalue weighted by atomic mass is 16.2. The molecule has 1 aliphatic heterocycles. The first-order chi connectivity index (χ1) is 8.66. The molecule has 1 aromatic heterocycles. The third-order valence-electron chi connectivity index (χ3n) is 3.40. The molecule has 0 bridgehead atoms. The monoisotopic (exact) mass is 247 g/mol. The van der Waals surface area contributed by atoms with Crippen LogP contribution in [0.1, 0.15) is 28.8 Å².